The van der Waals surface area contributed by atoms with E-state index in [1.165, 1.54) is 5.56 Å². The molecule has 0 radical (unpaired) electrons. The first-order valence-corrected chi connectivity index (χ1v) is 7.91. The van der Waals surface area contributed by atoms with E-state index >= 15 is 0 Å². The molecule has 0 N–H and O–H groups in total. The Kier molecular flexibility index (Phi) is 4.74. The number of benzene rings is 1. The number of hydrogen-bond acceptors (Lipinski definition) is 2. The lowest BCUT2D eigenvalue weighted by Gasteiger charge is -2.37. The zero-order valence-electron chi connectivity index (χ0n) is 12.4. The van der Waals surface area contributed by atoms with Gasteiger partial charge in [-0.1, -0.05) is 28.1 Å². The maximum Gasteiger partial charge on any atom is 0.410 e. The Bertz CT molecular complexity index is 464. The second-order valence-corrected chi connectivity index (χ2v) is 7.15. The first-order chi connectivity index (χ1) is 9.37. The van der Waals surface area contributed by atoms with Crippen LogP contribution in [-0.2, 0) is 4.74 Å². The van der Waals surface area contributed by atoms with Crippen LogP contribution in [0.4, 0.5) is 4.79 Å². The van der Waals surface area contributed by atoms with Gasteiger partial charge in [-0.05, 0) is 57.7 Å². The van der Waals surface area contributed by atoms with Gasteiger partial charge in [0.05, 0.1) is 6.04 Å². The molecular weight excluding hydrogens is 318 g/mol. The number of piperidine rings is 1. The molecule has 0 aliphatic carbocycles. The second kappa shape index (κ2) is 6.17. The number of rotatable bonds is 1. The second-order valence-electron chi connectivity index (χ2n) is 6.24. The zero-order valence-corrected chi connectivity index (χ0v) is 13.9. The summed E-state index contributed by atoms with van der Waals surface area (Å²) in [6.07, 6.45) is 3.00. The van der Waals surface area contributed by atoms with E-state index in [0.29, 0.717) is 0 Å². The van der Waals surface area contributed by atoms with Gasteiger partial charge in [0.25, 0.3) is 0 Å². The van der Waals surface area contributed by atoms with Crippen molar-refractivity contribution in [3.8, 4) is 0 Å². The lowest BCUT2D eigenvalue weighted by atomic mass is 9.96. The first-order valence-electron chi connectivity index (χ1n) is 7.12. The van der Waals surface area contributed by atoms with E-state index in [4.69, 9.17) is 4.74 Å². The zero-order chi connectivity index (χ0) is 14.8. The SMILES string of the molecule is CC(C)(C)OC(=O)N1CCCC[C@@H]1c1ccc(Br)cc1. The number of likely N-dealkylation sites (tertiary alicyclic amines) is 1. The summed E-state index contributed by atoms with van der Waals surface area (Å²) in [5, 5.41) is 0. The molecule has 1 atom stereocenters. The lowest BCUT2D eigenvalue weighted by Crippen LogP contribution is -2.41. The van der Waals surface area contributed by atoms with Crippen molar-refractivity contribution >= 4 is 22.0 Å². The molecule has 1 aromatic carbocycles. The predicted molar refractivity (Wildman–Crippen MR) is 83.7 cm³/mol. The molecule has 1 amide bonds. The van der Waals surface area contributed by atoms with E-state index in [-0.39, 0.29) is 12.1 Å². The number of carbonyl (C=O) groups excluding carboxylic acids is 1. The van der Waals surface area contributed by atoms with E-state index in [0.717, 1.165) is 30.3 Å². The molecule has 1 fully saturated rings. The summed E-state index contributed by atoms with van der Waals surface area (Å²) in [4.78, 5) is 14.2. The van der Waals surface area contributed by atoms with Crippen LogP contribution in [0.2, 0.25) is 0 Å². The van der Waals surface area contributed by atoms with Crippen molar-refractivity contribution < 1.29 is 9.53 Å². The summed E-state index contributed by atoms with van der Waals surface area (Å²) in [7, 11) is 0. The standard InChI is InChI=1S/C16H22BrNO2/c1-16(2,3)20-15(19)18-11-5-4-6-14(18)12-7-9-13(17)10-8-12/h7-10,14H,4-6,11H2,1-3H3/t14-/m1/s1. The number of halogens is 1. The maximum absolute atomic E-state index is 12.4. The fourth-order valence-corrected chi connectivity index (χ4v) is 2.77. The van der Waals surface area contributed by atoms with Crippen LogP contribution in [0.25, 0.3) is 0 Å². The summed E-state index contributed by atoms with van der Waals surface area (Å²) in [6, 6.07) is 8.34. The number of nitrogens with zero attached hydrogens (tertiary/aromatic N) is 1. The summed E-state index contributed by atoms with van der Waals surface area (Å²) in [5.41, 5.74) is 0.734. The minimum absolute atomic E-state index is 0.131. The summed E-state index contributed by atoms with van der Waals surface area (Å²) in [5.74, 6) is 0. The fourth-order valence-electron chi connectivity index (χ4n) is 2.50. The van der Waals surface area contributed by atoms with Gasteiger partial charge in [-0.2, -0.15) is 0 Å². The number of ether oxygens (including phenoxy) is 1. The lowest BCUT2D eigenvalue weighted by molar-refractivity contribution is 0.00951. The quantitative estimate of drug-likeness (QED) is 0.727. The van der Waals surface area contributed by atoms with E-state index < -0.39 is 5.60 Å². The van der Waals surface area contributed by atoms with Crippen molar-refractivity contribution in [2.45, 2.75) is 51.7 Å². The molecule has 110 valence electrons. The van der Waals surface area contributed by atoms with Gasteiger partial charge < -0.3 is 9.64 Å². The topological polar surface area (TPSA) is 29.5 Å². The van der Waals surface area contributed by atoms with Crippen molar-refractivity contribution in [3.63, 3.8) is 0 Å². The monoisotopic (exact) mass is 339 g/mol. The van der Waals surface area contributed by atoms with Crippen LogP contribution in [0.5, 0.6) is 0 Å². The van der Waals surface area contributed by atoms with E-state index in [1.807, 2.05) is 37.8 Å². The van der Waals surface area contributed by atoms with Gasteiger partial charge in [0.15, 0.2) is 0 Å². The molecule has 0 saturated carbocycles. The van der Waals surface area contributed by atoms with Crippen LogP contribution in [0, 0.1) is 0 Å². The third-order valence-electron chi connectivity index (χ3n) is 3.39. The number of hydrogen-bond donors (Lipinski definition) is 0. The number of amides is 1. The predicted octanol–water partition coefficient (Wildman–Crippen LogP) is 4.91. The largest absolute Gasteiger partial charge is 0.444 e. The van der Waals surface area contributed by atoms with Crippen LogP contribution >= 0.6 is 15.9 Å². The minimum Gasteiger partial charge on any atom is -0.444 e. The molecule has 0 aromatic heterocycles. The highest BCUT2D eigenvalue weighted by Crippen LogP contribution is 2.32. The van der Waals surface area contributed by atoms with Crippen molar-refractivity contribution in [2.75, 3.05) is 6.54 Å². The maximum atomic E-state index is 12.4. The van der Waals surface area contributed by atoms with Gasteiger partial charge in [-0.25, -0.2) is 4.79 Å². The Hall–Kier alpha value is -1.03. The molecule has 1 saturated heterocycles. The molecule has 0 bridgehead atoms. The molecule has 0 unspecified atom stereocenters. The Morgan fingerprint density at radius 1 is 1.25 bits per heavy atom. The van der Waals surface area contributed by atoms with E-state index in [2.05, 4.69) is 28.1 Å². The van der Waals surface area contributed by atoms with Crippen LogP contribution in [0.1, 0.15) is 51.6 Å². The highest BCUT2D eigenvalue weighted by Gasteiger charge is 2.31. The fraction of sp³-hybridized carbons (Fsp3) is 0.562. The molecule has 2 rings (SSSR count). The van der Waals surface area contributed by atoms with Crippen LogP contribution in [-0.4, -0.2) is 23.1 Å². The normalized spacial score (nSPS) is 19.8. The Morgan fingerprint density at radius 3 is 2.50 bits per heavy atom. The van der Waals surface area contributed by atoms with Gasteiger partial charge in [-0.15, -0.1) is 0 Å². The summed E-state index contributed by atoms with van der Waals surface area (Å²) < 4.78 is 6.59. The van der Waals surface area contributed by atoms with Crippen molar-refractivity contribution in [1.29, 1.82) is 0 Å². The smallest absolute Gasteiger partial charge is 0.410 e. The third-order valence-corrected chi connectivity index (χ3v) is 3.91. The molecule has 3 nitrogen and oxygen atoms in total. The average Bonchev–Trinajstić information content (AvgIpc) is 2.38. The van der Waals surface area contributed by atoms with E-state index in [1.54, 1.807) is 0 Å². The Morgan fingerprint density at radius 2 is 1.90 bits per heavy atom. The van der Waals surface area contributed by atoms with Crippen LogP contribution < -0.4 is 0 Å². The Balaban J connectivity index is 2.16. The molecule has 1 heterocycles. The third kappa shape index (κ3) is 3.98. The molecule has 20 heavy (non-hydrogen) atoms. The highest BCUT2D eigenvalue weighted by molar-refractivity contribution is 9.10. The average molecular weight is 340 g/mol. The van der Waals surface area contributed by atoms with Gasteiger partial charge in [0.1, 0.15) is 5.60 Å². The Labute approximate surface area is 129 Å². The van der Waals surface area contributed by atoms with Gasteiger partial charge >= 0.3 is 6.09 Å². The van der Waals surface area contributed by atoms with Crippen LogP contribution in [0.15, 0.2) is 28.7 Å². The van der Waals surface area contributed by atoms with E-state index in [9.17, 15) is 4.79 Å². The molecule has 0 spiro atoms. The molecule has 1 aromatic rings. The van der Waals surface area contributed by atoms with Gasteiger partial charge in [0.2, 0.25) is 0 Å². The first kappa shape index (κ1) is 15.4. The van der Waals surface area contributed by atoms with Crippen LogP contribution in [0.3, 0.4) is 0 Å². The number of carbonyl (C=O) groups is 1. The molecular formula is C16H22BrNO2. The summed E-state index contributed by atoms with van der Waals surface area (Å²) >= 11 is 3.45. The molecule has 4 heteroatoms. The van der Waals surface area contributed by atoms with Crippen molar-refractivity contribution in [1.82, 2.24) is 4.90 Å². The van der Waals surface area contributed by atoms with Crippen molar-refractivity contribution in [3.05, 3.63) is 34.3 Å². The van der Waals surface area contributed by atoms with Crippen molar-refractivity contribution in [2.24, 2.45) is 0 Å². The van der Waals surface area contributed by atoms with Gasteiger partial charge in [0, 0.05) is 11.0 Å². The molecule has 1 aliphatic heterocycles. The summed E-state index contributed by atoms with van der Waals surface area (Å²) in [6.45, 7) is 6.49. The highest BCUT2D eigenvalue weighted by atomic mass is 79.9. The van der Waals surface area contributed by atoms with Gasteiger partial charge in [-0.3, -0.25) is 0 Å². The minimum atomic E-state index is -0.446. The molecule has 1 aliphatic rings.